The minimum Gasteiger partial charge on any atom is -0.497 e. The van der Waals surface area contributed by atoms with Crippen LogP contribution in [0.25, 0.3) is 0 Å². The zero-order chi connectivity index (χ0) is 23.9. The van der Waals surface area contributed by atoms with E-state index in [1.807, 2.05) is 24.3 Å². The molecule has 32 heavy (non-hydrogen) atoms. The molecule has 0 saturated heterocycles. The van der Waals surface area contributed by atoms with Gasteiger partial charge in [0, 0.05) is 0 Å². The van der Waals surface area contributed by atoms with Crippen molar-refractivity contribution in [3.05, 3.63) is 54.1 Å². The normalized spacial score (nSPS) is 12.7. The molecule has 7 nitrogen and oxygen atoms in total. The second-order valence-corrected chi connectivity index (χ2v) is 10.4. The molecule has 0 radical (unpaired) electrons. The fourth-order valence-electron chi connectivity index (χ4n) is 3.45. The van der Waals surface area contributed by atoms with Crippen molar-refractivity contribution in [2.45, 2.75) is 45.6 Å². The number of amides is 1. The van der Waals surface area contributed by atoms with Crippen LogP contribution in [0.5, 0.6) is 11.5 Å². The Hall–Kier alpha value is -2.74. The van der Waals surface area contributed by atoms with Crippen molar-refractivity contribution in [1.82, 2.24) is 5.32 Å². The summed E-state index contributed by atoms with van der Waals surface area (Å²) in [5.74, 6) is 1.01. The van der Waals surface area contributed by atoms with E-state index in [4.69, 9.17) is 9.47 Å². The number of benzene rings is 2. The maximum Gasteiger partial charge on any atom is 0.244 e. The molecule has 2 aromatic carbocycles. The molecule has 0 fully saturated rings. The minimum absolute atomic E-state index is 0.0680. The quantitative estimate of drug-likeness (QED) is 0.544. The molecule has 0 bridgehead atoms. The van der Waals surface area contributed by atoms with Crippen LogP contribution in [0, 0.1) is 0 Å². The van der Waals surface area contributed by atoms with Gasteiger partial charge in [0.2, 0.25) is 15.9 Å². The lowest BCUT2D eigenvalue weighted by Gasteiger charge is -2.30. The predicted octanol–water partition coefficient (Wildman–Crippen LogP) is 3.73. The van der Waals surface area contributed by atoms with Gasteiger partial charge in [0.05, 0.1) is 25.6 Å². The Labute approximate surface area is 191 Å². The van der Waals surface area contributed by atoms with Crippen molar-refractivity contribution >= 4 is 21.6 Å². The highest BCUT2D eigenvalue weighted by atomic mass is 32.2. The van der Waals surface area contributed by atoms with E-state index in [2.05, 4.69) is 26.1 Å². The van der Waals surface area contributed by atoms with Gasteiger partial charge in [0.1, 0.15) is 24.1 Å². The molecule has 0 unspecified atom stereocenters. The third kappa shape index (κ3) is 6.63. The van der Waals surface area contributed by atoms with E-state index in [0.717, 1.165) is 21.9 Å². The van der Waals surface area contributed by atoms with Crippen LogP contribution >= 0.6 is 0 Å². The number of hydrogen-bond acceptors (Lipinski definition) is 5. The van der Waals surface area contributed by atoms with E-state index in [1.54, 1.807) is 31.2 Å². The maximum atomic E-state index is 12.9. The van der Waals surface area contributed by atoms with Crippen molar-refractivity contribution in [2.24, 2.45) is 0 Å². The second kappa shape index (κ2) is 10.7. The van der Waals surface area contributed by atoms with Gasteiger partial charge in [-0.05, 0) is 47.7 Å². The summed E-state index contributed by atoms with van der Waals surface area (Å²) in [5, 5.41) is 2.81. The smallest absolute Gasteiger partial charge is 0.244 e. The van der Waals surface area contributed by atoms with E-state index < -0.39 is 16.1 Å². The Kier molecular flexibility index (Phi) is 8.55. The Morgan fingerprint density at radius 1 is 1.09 bits per heavy atom. The number of para-hydroxylation sites is 1. The van der Waals surface area contributed by atoms with Crippen molar-refractivity contribution in [2.75, 3.05) is 30.8 Å². The van der Waals surface area contributed by atoms with Gasteiger partial charge in [-0.3, -0.25) is 9.10 Å². The Balaban J connectivity index is 2.08. The summed E-state index contributed by atoms with van der Waals surface area (Å²) in [7, 11) is -2.15. The zero-order valence-corrected chi connectivity index (χ0v) is 20.5. The van der Waals surface area contributed by atoms with Crippen LogP contribution in [0.2, 0.25) is 0 Å². The average Bonchev–Trinajstić information content (AvgIpc) is 2.73. The summed E-state index contributed by atoms with van der Waals surface area (Å²) in [6.45, 7) is 8.65. The Morgan fingerprint density at radius 2 is 1.72 bits per heavy atom. The molecule has 1 atom stereocenters. The first-order chi connectivity index (χ1) is 15.0. The van der Waals surface area contributed by atoms with Gasteiger partial charge < -0.3 is 14.8 Å². The van der Waals surface area contributed by atoms with Crippen molar-refractivity contribution in [3.63, 3.8) is 0 Å². The lowest BCUT2D eigenvalue weighted by atomic mass is 9.86. The predicted molar refractivity (Wildman–Crippen MR) is 128 cm³/mol. The van der Waals surface area contributed by atoms with Crippen molar-refractivity contribution in [3.8, 4) is 11.5 Å². The average molecular weight is 463 g/mol. The fourth-order valence-corrected chi connectivity index (χ4v) is 4.67. The van der Waals surface area contributed by atoms with E-state index in [0.29, 0.717) is 17.9 Å². The number of nitrogens with one attached hydrogen (secondary N) is 1. The number of nitrogens with zero attached hydrogens (tertiary/aromatic N) is 1. The first-order valence-electron chi connectivity index (χ1n) is 10.6. The molecule has 0 aromatic heterocycles. The summed E-state index contributed by atoms with van der Waals surface area (Å²) in [5.41, 5.74) is 1.42. The van der Waals surface area contributed by atoms with Gasteiger partial charge in [-0.1, -0.05) is 45.9 Å². The maximum absolute atomic E-state index is 12.9. The van der Waals surface area contributed by atoms with Gasteiger partial charge in [0.15, 0.2) is 0 Å². The first kappa shape index (κ1) is 25.5. The summed E-state index contributed by atoms with van der Waals surface area (Å²) < 4.78 is 37.2. The molecule has 8 heteroatoms. The number of sulfonamides is 1. The number of ether oxygens (including phenoxy) is 2. The molecule has 2 rings (SSSR count). The van der Waals surface area contributed by atoms with E-state index in [-0.39, 0.29) is 24.5 Å². The third-order valence-corrected chi connectivity index (χ3v) is 6.19. The fraction of sp³-hybridized carbons (Fsp3) is 0.458. The standard InChI is InChI=1S/C24H34N2O5S/c1-7-21(26(32(6,28)29)18-12-14-19(30-5)15-13-18)23(27)25-16-17-31-22-11-9-8-10-20(22)24(2,3)4/h8-15,21H,7,16-17H2,1-6H3,(H,25,27)/t21-/m1/s1. The van der Waals surface area contributed by atoms with Gasteiger partial charge in [-0.15, -0.1) is 0 Å². The molecule has 1 N–H and O–H groups in total. The summed E-state index contributed by atoms with van der Waals surface area (Å²) in [6, 6.07) is 13.5. The molecular weight excluding hydrogens is 428 g/mol. The van der Waals surface area contributed by atoms with E-state index in [1.165, 1.54) is 7.11 Å². The Morgan fingerprint density at radius 3 is 2.25 bits per heavy atom. The van der Waals surface area contributed by atoms with Crippen molar-refractivity contribution in [1.29, 1.82) is 0 Å². The number of hydrogen-bond donors (Lipinski definition) is 1. The number of carbonyl (C=O) groups is 1. The third-order valence-electron chi connectivity index (χ3n) is 5.01. The van der Waals surface area contributed by atoms with Crippen LogP contribution < -0.4 is 19.1 Å². The molecular formula is C24H34N2O5S. The number of carbonyl (C=O) groups excluding carboxylic acids is 1. The molecule has 0 heterocycles. The Bertz CT molecular complexity index is 998. The summed E-state index contributed by atoms with van der Waals surface area (Å²) >= 11 is 0. The van der Waals surface area contributed by atoms with E-state index >= 15 is 0 Å². The van der Waals surface area contributed by atoms with E-state index in [9.17, 15) is 13.2 Å². The molecule has 176 valence electrons. The number of methoxy groups -OCH3 is 1. The highest BCUT2D eigenvalue weighted by molar-refractivity contribution is 7.92. The molecule has 0 saturated carbocycles. The number of rotatable bonds is 10. The van der Waals surface area contributed by atoms with Crippen LogP contribution in [0.15, 0.2) is 48.5 Å². The molecule has 0 spiro atoms. The molecule has 1 amide bonds. The molecule has 0 aliphatic carbocycles. The minimum atomic E-state index is -3.69. The van der Waals surface area contributed by atoms with Crippen LogP contribution in [-0.4, -0.2) is 46.9 Å². The number of anilines is 1. The molecule has 0 aliphatic rings. The summed E-state index contributed by atoms with van der Waals surface area (Å²) in [6.07, 6.45) is 1.42. The molecule has 0 aliphatic heterocycles. The van der Waals surface area contributed by atoms with Gasteiger partial charge in [-0.2, -0.15) is 0 Å². The highest BCUT2D eigenvalue weighted by Gasteiger charge is 2.31. The van der Waals surface area contributed by atoms with Crippen molar-refractivity contribution < 1.29 is 22.7 Å². The second-order valence-electron chi connectivity index (χ2n) is 8.57. The van der Waals surface area contributed by atoms with Gasteiger partial charge >= 0.3 is 0 Å². The van der Waals surface area contributed by atoms with Crippen LogP contribution in [-0.2, 0) is 20.2 Å². The largest absolute Gasteiger partial charge is 0.497 e. The van der Waals surface area contributed by atoms with Crippen LogP contribution in [0.1, 0.15) is 39.7 Å². The lowest BCUT2D eigenvalue weighted by Crippen LogP contribution is -2.50. The topological polar surface area (TPSA) is 84.9 Å². The van der Waals surface area contributed by atoms with Gasteiger partial charge in [0.25, 0.3) is 0 Å². The SMILES string of the molecule is CC[C@H](C(=O)NCCOc1ccccc1C(C)(C)C)N(c1ccc(OC)cc1)S(C)(=O)=O. The molecule has 2 aromatic rings. The van der Waals surface area contributed by atoms with Gasteiger partial charge in [-0.25, -0.2) is 8.42 Å². The van der Waals surface area contributed by atoms with Crippen LogP contribution in [0.4, 0.5) is 5.69 Å². The first-order valence-corrected chi connectivity index (χ1v) is 12.5. The monoisotopic (exact) mass is 462 g/mol. The zero-order valence-electron chi connectivity index (χ0n) is 19.7. The lowest BCUT2D eigenvalue weighted by molar-refractivity contribution is -0.122. The summed E-state index contributed by atoms with van der Waals surface area (Å²) in [4.78, 5) is 12.9. The highest BCUT2D eigenvalue weighted by Crippen LogP contribution is 2.31. The van der Waals surface area contributed by atoms with Crippen LogP contribution in [0.3, 0.4) is 0 Å².